The fraction of sp³-hybridized carbons (Fsp3) is 0.235. The van der Waals surface area contributed by atoms with Gasteiger partial charge in [-0.2, -0.15) is 5.10 Å². The Morgan fingerprint density at radius 1 is 1.29 bits per heavy atom. The number of aromatic nitrogens is 3. The SMILES string of the molecule is O=C(Nc1cnn([C@@H]2CCOC2)c1)c1cc(-c2ccccc2)on1. The summed E-state index contributed by atoms with van der Waals surface area (Å²) in [4.78, 5) is 12.3. The third-order valence-electron chi connectivity index (χ3n) is 3.94. The van der Waals surface area contributed by atoms with Crippen LogP contribution in [0.15, 0.2) is 53.3 Å². The van der Waals surface area contributed by atoms with E-state index in [1.54, 1.807) is 18.5 Å². The van der Waals surface area contributed by atoms with E-state index in [0.29, 0.717) is 18.1 Å². The highest BCUT2D eigenvalue weighted by molar-refractivity contribution is 6.03. The Morgan fingerprint density at radius 2 is 2.17 bits per heavy atom. The van der Waals surface area contributed by atoms with Gasteiger partial charge in [0.15, 0.2) is 11.5 Å². The minimum atomic E-state index is -0.330. The van der Waals surface area contributed by atoms with Gasteiger partial charge in [-0.3, -0.25) is 9.48 Å². The Balaban J connectivity index is 1.46. The average Bonchev–Trinajstić information content (AvgIpc) is 3.36. The fourth-order valence-electron chi connectivity index (χ4n) is 2.65. The van der Waals surface area contributed by atoms with Crippen molar-refractivity contribution in [1.82, 2.24) is 14.9 Å². The Hall–Kier alpha value is -2.93. The van der Waals surface area contributed by atoms with Crippen molar-refractivity contribution in [3.05, 3.63) is 54.5 Å². The maximum Gasteiger partial charge on any atom is 0.277 e. The summed E-state index contributed by atoms with van der Waals surface area (Å²) in [7, 11) is 0. The standard InChI is InChI=1S/C17H16N4O3/c22-17(15-8-16(24-20-15)12-4-2-1-3-5-12)19-13-9-18-21(10-13)14-6-7-23-11-14/h1-5,8-10,14H,6-7,11H2,(H,19,22)/t14-/m1/s1. The van der Waals surface area contributed by atoms with Gasteiger partial charge >= 0.3 is 0 Å². The molecule has 2 aromatic heterocycles. The van der Waals surface area contributed by atoms with Gasteiger partial charge in [0, 0.05) is 24.4 Å². The zero-order valence-electron chi connectivity index (χ0n) is 12.9. The molecule has 0 bridgehead atoms. The van der Waals surface area contributed by atoms with E-state index in [1.807, 2.05) is 35.0 Å². The molecule has 0 unspecified atom stereocenters. The first-order valence-electron chi connectivity index (χ1n) is 7.75. The lowest BCUT2D eigenvalue weighted by Crippen LogP contribution is -2.12. The summed E-state index contributed by atoms with van der Waals surface area (Å²) in [6.45, 7) is 1.40. The van der Waals surface area contributed by atoms with Crippen molar-refractivity contribution in [3.63, 3.8) is 0 Å². The topological polar surface area (TPSA) is 82.2 Å². The van der Waals surface area contributed by atoms with Crippen LogP contribution in [0.5, 0.6) is 0 Å². The summed E-state index contributed by atoms with van der Waals surface area (Å²) in [5.41, 5.74) is 1.72. The quantitative estimate of drug-likeness (QED) is 0.798. The van der Waals surface area contributed by atoms with E-state index in [0.717, 1.165) is 18.6 Å². The summed E-state index contributed by atoms with van der Waals surface area (Å²) in [5.74, 6) is 0.225. The predicted molar refractivity (Wildman–Crippen MR) is 86.6 cm³/mol. The summed E-state index contributed by atoms with van der Waals surface area (Å²) in [6.07, 6.45) is 4.35. The lowest BCUT2D eigenvalue weighted by molar-refractivity contribution is 0.101. The minimum Gasteiger partial charge on any atom is -0.379 e. The molecule has 122 valence electrons. The van der Waals surface area contributed by atoms with Crippen LogP contribution in [0, 0.1) is 0 Å². The summed E-state index contributed by atoms with van der Waals surface area (Å²) < 4.78 is 12.4. The predicted octanol–water partition coefficient (Wildman–Crippen LogP) is 2.75. The van der Waals surface area contributed by atoms with E-state index < -0.39 is 0 Å². The van der Waals surface area contributed by atoms with Crippen LogP contribution in [-0.4, -0.2) is 34.1 Å². The van der Waals surface area contributed by atoms with Crippen LogP contribution in [0.25, 0.3) is 11.3 Å². The molecule has 3 aromatic rings. The van der Waals surface area contributed by atoms with E-state index in [9.17, 15) is 4.79 Å². The fourth-order valence-corrected chi connectivity index (χ4v) is 2.65. The highest BCUT2D eigenvalue weighted by Gasteiger charge is 2.19. The second-order valence-electron chi connectivity index (χ2n) is 5.62. The zero-order chi connectivity index (χ0) is 16.4. The van der Waals surface area contributed by atoms with Crippen LogP contribution in [0.3, 0.4) is 0 Å². The van der Waals surface area contributed by atoms with Gasteiger partial charge in [-0.15, -0.1) is 0 Å². The van der Waals surface area contributed by atoms with E-state index in [1.165, 1.54) is 0 Å². The number of anilines is 1. The Kier molecular flexibility index (Phi) is 3.84. The molecule has 1 aliphatic heterocycles. The normalized spacial score (nSPS) is 17.1. The molecule has 7 nitrogen and oxygen atoms in total. The molecule has 4 rings (SSSR count). The van der Waals surface area contributed by atoms with E-state index in [4.69, 9.17) is 9.26 Å². The summed E-state index contributed by atoms with van der Waals surface area (Å²) >= 11 is 0. The Labute approximate surface area is 138 Å². The van der Waals surface area contributed by atoms with E-state index in [-0.39, 0.29) is 17.6 Å². The first-order chi connectivity index (χ1) is 11.8. The minimum absolute atomic E-state index is 0.228. The van der Waals surface area contributed by atoms with Crippen molar-refractivity contribution in [3.8, 4) is 11.3 Å². The number of ether oxygens (including phenoxy) is 1. The van der Waals surface area contributed by atoms with Gasteiger partial charge in [0.1, 0.15) is 0 Å². The van der Waals surface area contributed by atoms with Crippen LogP contribution in [0.4, 0.5) is 5.69 Å². The van der Waals surface area contributed by atoms with Crippen LogP contribution in [0.2, 0.25) is 0 Å². The first kappa shape index (κ1) is 14.6. The van der Waals surface area contributed by atoms with Gasteiger partial charge in [-0.1, -0.05) is 35.5 Å². The highest BCUT2D eigenvalue weighted by Crippen LogP contribution is 2.22. The lowest BCUT2D eigenvalue weighted by atomic mass is 10.1. The number of carbonyl (C=O) groups excluding carboxylic acids is 1. The molecular weight excluding hydrogens is 308 g/mol. The van der Waals surface area contributed by atoms with Crippen molar-refractivity contribution in [2.45, 2.75) is 12.5 Å². The summed E-state index contributed by atoms with van der Waals surface area (Å²) in [5, 5.41) is 10.9. The van der Waals surface area contributed by atoms with Crippen LogP contribution >= 0.6 is 0 Å². The third kappa shape index (κ3) is 2.93. The third-order valence-corrected chi connectivity index (χ3v) is 3.94. The number of hydrogen-bond acceptors (Lipinski definition) is 5. The number of nitrogens with one attached hydrogen (secondary N) is 1. The molecule has 1 fully saturated rings. The van der Waals surface area contributed by atoms with Crippen molar-refractivity contribution in [1.29, 1.82) is 0 Å². The molecule has 0 aliphatic carbocycles. The molecule has 1 amide bonds. The Morgan fingerprint density at radius 3 is 2.96 bits per heavy atom. The van der Waals surface area contributed by atoms with Crippen molar-refractivity contribution in [2.24, 2.45) is 0 Å². The van der Waals surface area contributed by atoms with Gasteiger partial charge in [0.2, 0.25) is 0 Å². The van der Waals surface area contributed by atoms with Crippen LogP contribution < -0.4 is 5.32 Å². The molecule has 1 aliphatic rings. The monoisotopic (exact) mass is 324 g/mol. The maximum absolute atomic E-state index is 12.3. The molecule has 1 atom stereocenters. The lowest BCUT2D eigenvalue weighted by Gasteiger charge is -2.06. The van der Waals surface area contributed by atoms with E-state index in [2.05, 4.69) is 15.6 Å². The summed E-state index contributed by atoms with van der Waals surface area (Å²) in [6, 6.07) is 11.4. The number of carbonyl (C=O) groups is 1. The molecule has 7 heteroatoms. The number of rotatable bonds is 4. The van der Waals surface area contributed by atoms with Gasteiger partial charge < -0.3 is 14.6 Å². The number of nitrogens with zero attached hydrogens (tertiary/aromatic N) is 3. The second-order valence-corrected chi connectivity index (χ2v) is 5.62. The Bertz CT molecular complexity index is 834. The van der Waals surface area contributed by atoms with Crippen molar-refractivity contribution >= 4 is 11.6 Å². The number of benzene rings is 1. The largest absolute Gasteiger partial charge is 0.379 e. The van der Waals surface area contributed by atoms with Crippen LogP contribution in [0.1, 0.15) is 23.0 Å². The second kappa shape index (κ2) is 6.29. The average molecular weight is 324 g/mol. The molecule has 24 heavy (non-hydrogen) atoms. The van der Waals surface area contributed by atoms with Gasteiger partial charge in [0.05, 0.1) is 24.5 Å². The molecule has 0 radical (unpaired) electrons. The smallest absolute Gasteiger partial charge is 0.277 e. The highest BCUT2D eigenvalue weighted by atomic mass is 16.5. The number of amides is 1. The molecule has 1 N–H and O–H groups in total. The van der Waals surface area contributed by atoms with Crippen LogP contribution in [-0.2, 0) is 4.74 Å². The molecule has 0 spiro atoms. The molecule has 3 heterocycles. The first-order valence-corrected chi connectivity index (χ1v) is 7.75. The molecule has 0 saturated carbocycles. The molecule has 1 aromatic carbocycles. The van der Waals surface area contributed by atoms with E-state index >= 15 is 0 Å². The van der Waals surface area contributed by atoms with Gasteiger partial charge in [-0.25, -0.2) is 0 Å². The molecule has 1 saturated heterocycles. The van der Waals surface area contributed by atoms with Crippen molar-refractivity contribution < 1.29 is 14.1 Å². The molecular formula is C17H16N4O3. The zero-order valence-corrected chi connectivity index (χ0v) is 12.9. The van der Waals surface area contributed by atoms with Crippen molar-refractivity contribution in [2.75, 3.05) is 18.5 Å². The maximum atomic E-state index is 12.3. The van der Waals surface area contributed by atoms with Gasteiger partial charge in [-0.05, 0) is 6.42 Å². The van der Waals surface area contributed by atoms with Gasteiger partial charge in [0.25, 0.3) is 5.91 Å². The number of hydrogen-bond donors (Lipinski definition) is 1.